The monoisotopic (exact) mass is 552 g/mol. The number of para-hydroxylation sites is 1. The molecule has 4 rings (SSSR count). The van der Waals surface area contributed by atoms with Gasteiger partial charge in [-0.25, -0.2) is 4.99 Å². The third kappa shape index (κ3) is 6.22. The van der Waals surface area contributed by atoms with Crippen LogP contribution in [0.1, 0.15) is 67.4 Å². The van der Waals surface area contributed by atoms with Gasteiger partial charge in [0, 0.05) is 26.8 Å². The first-order chi connectivity index (χ1) is 16.6. The number of nitrogens with zero attached hydrogens (tertiary/aromatic N) is 1. The molecule has 0 spiro atoms. The van der Waals surface area contributed by atoms with Crippen LogP contribution in [0.3, 0.4) is 0 Å². The average molecular weight is 554 g/mol. The first kappa shape index (κ1) is 25.6. The number of anilines is 1. The van der Waals surface area contributed by atoms with Crippen LogP contribution in [0, 0.1) is 11.3 Å². The molecule has 3 aromatic rings. The molecule has 0 fully saturated rings. The number of hydrogen-bond acceptors (Lipinski definition) is 4. The van der Waals surface area contributed by atoms with Gasteiger partial charge < -0.3 is 10.1 Å². The predicted molar refractivity (Wildman–Crippen MR) is 151 cm³/mol. The van der Waals surface area contributed by atoms with Gasteiger partial charge in [0.15, 0.2) is 0 Å². The molecule has 4 nitrogen and oxygen atoms in total. The molecular formula is C29H33BrN2O2S. The highest BCUT2D eigenvalue weighted by molar-refractivity contribution is 9.10. The van der Waals surface area contributed by atoms with Crippen molar-refractivity contribution in [2.24, 2.45) is 16.3 Å². The van der Waals surface area contributed by atoms with E-state index in [2.05, 4.69) is 42.0 Å². The van der Waals surface area contributed by atoms with Crippen LogP contribution < -0.4 is 10.1 Å². The summed E-state index contributed by atoms with van der Waals surface area (Å²) in [5, 5.41) is 3.84. The summed E-state index contributed by atoms with van der Waals surface area (Å²) in [4.78, 5) is 19.7. The number of carbonyl (C=O) groups is 1. The molecule has 35 heavy (non-hydrogen) atoms. The van der Waals surface area contributed by atoms with Gasteiger partial charge in [0.2, 0.25) is 0 Å². The normalized spacial score (nSPS) is 15.9. The van der Waals surface area contributed by atoms with Crippen LogP contribution in [0.5, 0.6) is 5.75 Å². The van der Waals surface area contributed by atoms with Crippen molar-refractivity contribution in [3.8, 4) is 5.75 Å². The summed E-state index contributed by atoms with van der Waals surface area (Å²) in [6, 6.07) is 15.5. The van der Waals surface area contributed by atoms with Gasteiger partial charge in [-0.2, -0.15) is 0 Å². The first-order valence-corrected chi connectivity index (χ1v) is 13.7. The van der Waals surface area contributed by atoms with E-state index < -0.39 is 0 Å². The maximum atomic E-state index is 13.5. The lowest BCUT2D eigenvalue weighted by molar-refractivity contribution is 0.102. The van der Waals surface area contributed by atoms with Gasteiger partial charge in [0.25, 0.3) is 5.91 Å². The number of thiophene rings is 1. The lowest BCUT2D eigenvalue weighted by atomic mass is 9.72. The second-order valence-electron chi connectivity index (χ2n) is 10.4. The largest absolute Gasteiger partial charge is 0.490 e. The minimum atomic E-state index is -0.0945. The minimum absolute atomic E-state index is 0.0546. The minimum Gasteiger partial charge on any atom is -0.490 e. The van der Waals surface area contributed by atoms with Gasteiger partial charge in [-0.05, 0) is 80.3 Å². The third-order valence-corrected chi connectivity index (χ3v) is 8.04. The maximum absolute atomic E-state index is 13.5. The number of halogens is 1. The Balaban J connectivity index is 1.73. The number of nitrogens with one attached hydrogen (secondary N) is 1. The molecule has 0 saturated heterocycles. The van der Waals surface area contributed by atoms with Crippen LogP contribution in [-0.2, 0) is 12.8 Å². The fraction of sp³-hybridized carbons (Fsp3) is 0.379. The summed E-state index contributed by atoms with van der Waals surface area (Å²) >= 11 is 5.21. The molecule has 2 aromatic carbocycles. The van der Waals surface area contributed by atoms with Crippen molar-refractivity contribution in [1.29, 1.82) is 0 Å². The Bertz CT molecular complexity index is 1230. The van der Waals surface area contributed by atoms with Crippen LogP contribution in [0.4, 0.5) is 10.7 Å². The molecule has 1 aliphatic carbocycles. The predicted octanol–water partition coefficient (Wildman–Crippen LogP) is 8.45. The average Bonchev–Trinajstić information content (AvgIpc) is 3.17. The van der Waals surface area contributed by atoms with E-state index in [-0.39, 0.29) is 17.4 Å². The molecule has 1 atom stereocenters. The molecule has 0 radical (unpaired) electrons. The van der Waals surface area contributed by atoms with Crippen LogP contribution in [0.25, 0.3) is 0 Å². The van der Waals surface area contributed by atoms with Gasteiger partial charge in [0.1, 0.15) is 10.8 Å². The Kier molecular flexibility index (Phi) is 7.82. The number of amides is 1. The first-order valence-electron chi connectivity index (χ1n) is 12.1. The molecular weight excluding hydrogens is 520 g/mol. The van der Waals surface area contributed by atoms with E-state index in [4.69, 9.17) is 9.73 Å². The molecule has 6 heteroatoms. The SMILES string of the molecule is CC(C)Oc1ccc(Br)cc1C=Nc1sc2c(c1C(=O)Nc1ccccc1)CC[C@H](C(C)(C)C)C2. The van der Waals surface area contributed by atoms with Crippen molar-refractivity contribution in [2.75, 3.05) is 5.32 Å². The van der Waals surface area contributed by atoms with Crippen molar-refractivity contribution in [3.05, 3.63) is 74.6 Å². The quantitative estimate of drug-likeness (QED) is 0.312. The molecule has 0 aliphatic heterocycles. The number of rotatable bonds is 6. The second kappa shape index (κ2) is 10.7. The van der Waals surface area contributed by atoms with Gasteiger partial charge in [-0.15, -0.1) is 11.3 Å². The number of ether oxygens (including phenoxy) is 1. The van der Waals surface area contributed by atoms with Crippen molar-refractivity contribution in [3.63, 3.8) is 0 Å². The molecule has 0 unspecified atom stereocenters. The van der Waals surface area contributed by atoms with E-state index in [9.17, 15) is 4.79 Å². The highest BCUT2D eigenvalue weighted by Gasteiger charge is 2.33. The molecule has 1 amide bonds. The molecule has 1 heterocycles. The number of hydrogen-bond donors (Lipinski definition) is 1. The molecule has 1 aromatic heterocycles. The summed E-state index contributed by atoms with van der Waals surface area (Å²) in [5.41, 5.74) is 3.76. The van der Waals surface area contributed by atoms with E-state index >= 15 is 0 Å². The van der Waals surface area contributed by atoms with Crippen molar-refractivity contribution < 1.29 is 9.53 Å². The van der Waals surface area contributed by atoms with Crippen LogP contribution in [-0.4, -0.2) is 18.2 Å². The Hall–Kier alpha value is -2.44. The standard InChI is InChI=1S/C29H33BrN2O2S/c1-18(2)34-24-14-12-21(30)15-19(24)17-31-28-26(27(33)32-22-9-7-6-8-10-22)23-13-11-20(29(3,4)5)16-25(23)35-28/h6-10,12,14-15,17-18,20H,11,13,16H2,1-5H3,(H,32,33)/t20-/m0/s1. The van der Waals surface area contributed by atoms with Crippen LogP contribution >= 0.6 is 27.3 Å². The highest BCUT2D eigenvalue weighted by Crippen LogP contribution is 2.45. The zero-order valence-electron chi connectivity index (χ0n) is 21.0. The number of carbonyl (C=O) groups excluding carboxylic acids is 1. The summed E-state index contributed by atoms with van der Waals surface area (Å²) < 4.78 is 6.94. The fourth-order valence-electron chi connectivity index (χ4n) is 4.46. The van der Waals surface area contributed by atoms with E-state index in [1.165, 1.54) is 4.88 Å². The van der Waals surface area contributed by atoms with Crippen LogP contribution in [0.2, 0.25) is 0 Å². The molecule has 0 saturated carbocycles. The summed E-state index contributed by atoms with van der Waals surface area (Å²) in [5.74, 6) is 1.27. The fourth-order valence-corrected chi connectivity index (χ4v) is 6.11. The van der Waals surface area contributed by atoms with Crippen LogP contribution in [0.15, 0.2) is 58.0 Å². The van der Waals surface area contributed by atoms with Crippen molar-refractivity contribution in [2.45, 2.75) is 60.0 Å². The van der Waals surface area contributed by atoms with Gasteiger partial charge >= 0.3 is 0 Å². The zero-order chi connectivity index (χ0) is 25.2. The maximum Gasteiger partial charge on any atom is 0.259 e. The molecule has 1 N–H and O–H groups in total. The Morgan fingerprint density at radius 3 is 2.63 bits per heavy atom. The lowest BCUT2D eigenvalue weighted by Gasteiger charge is -2.33. The van der Waals surface area contributed by atoms with E-state index in [0.29, 0.717) is 11.5 Å². The van der Waals surface area contributed by atoms with E-state index in [0.717, 1.165) is 51.3 Å². The lowest BCUT2D eigenvalue weighted by Crippen LogP contribution is -2.27. The molecule has 184 valence electrons. The smallest absolute Gasteiger partial charge is 0.259 e. The van der Waals surface area contributed by atoms with E-state index in [1.807, 2.05) is 68.6 Å². The van der Waals surface area contributed by atoms with Gasteiger partial charge in [-0.3, -0.25) is 4.79 Å². The number of fused-ring (bicyclic) bond motifs is 1. The Labute approximate surface area is 221 Å². The summed E-state index contributed by atoms with van der Waals surface area (Å²) in [6.07, 6.45) is 4.85. The van der Waals surface area contributed by atoms with Crippen molar-refractivity contribution >= 4 is 50.1 Å². The van der Waals surface area contributed by atoms with Gasteiger partial charge in [-0.1, -0.05) is 54.9 Å². The Morgan fingerprint density at radius 1 is 1.20 bits per heavy atom. The number of aliphatic imine (C=N–C) groups is 1. The van der Waals surface area contributed by atoms with Crippen molar-refractivity contribution in [1.82, 2.24) is 0 Å². The molecule has 1 aliphatic rings. The third-order valence-electron chi connectivity index (χ3n) is 6.39. The van der Waals surface area contributed by atoms with Gasteiger partial charge in [0.05, 0.1) is 11.7 Å². The second-order valence-corrected chi connectivity index (χ2v) is 12.4. The summed E-state index contributed by atoms with van der Waals surface area (Å²) in [6.45, 7) is 10.9. The topological polar surface area (TPSA) is 50.7 Å². The Morgan fingerprint density at radius 2 is 1.94 bits per heavy atom. The summed E-state index contributed by atoms with van der Waals surface area (Å²) in [7, 11) is 0. The highest BCUT2D eigenvalue weighted by atomic mass is 79.9. The molecule has 0 bridgehead atoms. The number of benzene rings is 2. The van der Waals surface area contributed by atoms with E-state index in [1.54, 1.807) is 11.3 Å². The zero-order valence-corrected chi connectivity index (χ0v) is 23.4.